The number of likely N-dealkylation sites (tertiary alicyclic amines) is 1. The van der Waals surface area contributed by atoms with Gasteiger partial charge in [0, 0.05) is 44.1 Å². The van der Waals surface area contributed by atoms with Crippen molar-refractivity contribution >= 4 is 29.9 Å². The van der Waals surface area contributed by atoms with E-state index >= 15 is 0 Å². The summed E-state index contributed by atoms with van der Waals surface area (Å²) in [5.74, 6) is 0.826. The first-order valence-electron chi connectivity index (χ1n) is 8.94. The Bertz CT molecular complexity index is 624. The minimum Gasteiger partial charge on any atom is -0.381 e. The molecule has 25 heavy (non-hydrogen) atoms. The van der Waals surface area contributed by atoms with Gasteiger partial charge in [-0.25, -0.2) is 4.39 Å². The van der Waals surface area contributed by atoms with Crippen LogP contribution in [-0.4, -0.2) is 50.8 Å². The molecule has 2 saturated heterocycles. The van der Waals surface area contributed by atoms with Crippen LogP contribution in [0.4, 0.5) is 4.39 Å². The van der Waals surface area contributed by atoms with Gasteiger partial charge in [-0.05, 0) is 43.4 Å². The van der Waals surface area contributed by atoms with E-state index in [4.69, 9.17) is 4.74 Å². The Morgan fingerprint density at radius 2 is 2.00 bits per heavy atom. The largest absolute Gasteiger partial charge is 0.381 e. The first kappa shape index (κ1) is 18.9. The number of guanidine groups is 1. The molecule has 1 spiro atoms. The molecule has 1 N–H and O–H groups in total. The van der Waals surface area contributed by atoms with Gasteiger partial charge < -0.3 is 15.0 Å². The van der Waals surface area contributed by atoms with Gasteiger partial charge in [0.05, 0.1) is 6.61 Å². The van der Waals surface area contributed by atoms with E-state index in [-0.39, 0.29) is 35.2 Å². The predicted octanol–water partition coefficient (Wildman–Crippen LogP) is 3.16. The second-order valence-electron chi connectivity index (χ2n) is 7.66. The van der Waals surface area contributed by atoms with Gasteiger partial charge in [0.25, 0.3) is 0 Å². The molecule has 4 nitrogen and oxygen atoms in total. The van der Waals surface area contributed by atoms with E-state index in [1.54, 1.807) is 12.1 Å². The van der Waals surface area contributed by atoms with Crippen molar-refractivity contribution in [2.24, 2.45) is 10.4 Å². The van der Waals surface area contributed by atoms with Crippen LogP contribution in [0.1, 0.15) is 31.2 Å². The van der Waals surface area contributed by atoms with Crippen LogP contribution in [0, 0.1) is 11.2 Å². The Kier molecular flexibility index (Phi) is 5.58. The van der Waals surface area contributed by atoms with Crippen molar-refractivity contribution in [2.75, 3.05) is 39.9 Å². The number of nitrogens with one attached hydrogen (secondary N) is 1. The molecule has 1 atom stereocenters. The van der Waals surface area contributed by atoms with Gasteiger partial charge in [-0.1, -0.05) is 12.1 Å². The summed E-state index contributed by atoms with van der Waals surface area (Å²) in [5.41, 5.74) is 1.72. The van der Waals surface area contributed by atoms with E-state index in [9.17, 15) is 4.39 Å². The first-order valence-corrected chi connectivity index (χ1v) is 8.94. The Labute approximate surface area is 166 Å². The lowest BCUT2D eigenvalue weighted by molar-refractivity contribution is 0.156. The highest BCUT2D eigenvalue weighted by Crippen LogP contribution is 2.47. The molecule has 6 heteroatoms. The lowest BCUT2D eigenvalue weighted by Crippen LogP contribution is -2.44. The van der Waals surface area contributed by atoms with Gasteiger partial charge in [0.15, 0.2) is 5.96 Å². The summed E-state index contributed by atoms with van der Waals surface area (Å²) in [6.45, 7) is 4.74. The summed E-state index contributed by atoms with van der Waals surface area (Å²) in [5, 5.41) is 3.57. The molecular weight excluding hydrogens is 432 g/mol. The van der Waals surface area contributed by atoms with Crippen molar-refractivity contribution in [1.82, 2.24) is 10.2 Å². The van der Waals surface area contributed by atoms with Crippen LogP contribution >= 0.6 is 24.0 Å². The van der Waals surface area contributed by atoms with Crippen molar-refractivity contribution in [1.29, 1.82) is 0 Å². The molecule has 138 valence electrons. The van der Waals surface area contributed by atoms with Gasteiger partial charge in [0.2, 0.25) is 0 Å². The van der Waals surface area contributed by atoms with E-state index in [2.05, 4.69) is 15.2 Å². The zero-order chi connectivity index (χ0) is 16.6. The van der Waals surface area contributed by atoms with Gasteiger partial charge in [-0.2, -0.15) is 0 Å². The Balaban J connectivity index is 0.00000182. The van der Waals surface area contributed by atoms with Crippen molar-refractivity contribution in [2.45, 2.75) is 31.1 Å². The molecule has 3 aliphatic rings. The minimum atomic E-state index is -0.167. The zero-order valence-corrected chi connectivity index (χ0v) is 17.1. The lowest BCUT2D eigenvalue weighted by atomic mass is 9.87. The van der Waals surface area contributed by atoms with Crippen molar-refractivity contribution in [3.05, 3.63) is 35.6 Å². The Morgan fingerprint density at radius 1 is 1.24 bits per heavy atom. The van der Waals surface area contributed by atoms with E-state index < -0.39 is 0 Å². The zero-order valence-electron chi connectivity index (χ0n) is 14.8. The number of aliphatic imine (C=N–C) groups is 1. The summed E-state index contributed by atoms with van der Waals surface area (Å²) in [4.78, 5) is 6.86. The third-order valence-electron chi connectivity index (χ3n) is 6.03. The molecular formula is C19H27FIN3O. The molecule has 3 fully saturated rings. The number of halogens is 2. The molecule has 1 aliphatic carbocycles. The number of hydrogen-bond donors (Lipinski definition) is 1. The monoisotopic (exact) mass is 459 g/mol. The van der Waals surface area contributed by atoms with Gasteiger partial charge in [-0.3, -0.25) is 4.99 Å². The second kappa shape index (κ2) is 7.39. The van der Waals surface area contributed by atoms with Gasteiger partial charge in [-0.15, -0.1) is 24.0 Å². The van der Waals surface area contributed by atoms with Crippen LogP contribution < -0.4 is 5.32 Å². The molecule has 0 aromatic heterocycles. The molecule has 0 amide bonds. The van der Waals surface area contributed by atoms with Gasteiger partial charge >= 0.3 is 0 Å². The summed E-state index contributed by atoms with van der Waals surface area (Å²) in [6, 6.07) is 6.98. The maximum Gasteiger partial charge on any atom is 0.193 e. The number of nitrogens with zero attached hydrogens (tertiary/aromatic N) is 2. The molecule has 0 radical (unpaired) electrons. The lowest BCUT2D eigenvalue weighted by Gasteiger charge is -2.26. The number of ether oxygens (including phenoxy) is 1. The average molecular weight is 459 g/mol. The third kappa shape index (κ3) is 3.79. The van der Waals surface area contributed by atoms with Gasteiger partial charge in [0.1, 0.15) is 5.82 Å². The topological polar surface area (TPSA) is 36.9 Å². The standard InChI is InChI=1S/C19H26FN3O.HI/c1-21-17(23-10-8-18(13-23)9-11-24-14-18)22-12-19(6-7-19)15-2-4-16(20)5-3-15;/h2-5H,6-14H2,1H3,(H,21,22);1H. The minimum absolute atomic E-state index is 0. The fourth-order valence-corrected chi connectivity index (χ4v) is 4.19. The highest BCUT2D eigenvalue weighted by molar-refractivity contribution is 14.0. The Hall–Kier alpha value is -0.890. The van der Waals surface area contributed by atoms with Crippen molar-refractivity contribution in [3.8, 4) is 0 Å². The number of benzene rings is 1. The summed E-state index contributed by atoms with van der Waals surface area (Å²) < 4.78 is 18.8. The van der Waals surface area contributed by atoms with E-state index in [0.29, 0.717) is 5.41 Å². The molecule has 1 saturated carbocycles. The average Bonchev–Trinajstić information content (AvgIpc) is 3.06. The second-order valence-corrected chi connectivity index (χ2v) is 7.66. The van der Waals surface area contributed by atoms with Crippen LogP contribution in [-0.2, 0) is 10.2 Å². The quantitative estimate of drug-likeness (QED) is 0.429. The highest BCUT2D eigenvalue weighted by Gasteiger charge is 2.45. The predicted molar refractivity (Wildman–Crippen MR) is 108 cm³/mol. The molecule has 0 bridgehead atoms. The number of hydrogen-bond acceptors (Lipinski definition) is 2. The first-order chi connectivity index (χ1) is 11.6. The smallest absolute Gasteiger partial charge is 0.193 e. The molecule has 4 rings (SSSR count). The van der Waals surface area contributed by atoms with Crippen LogP contribution in [0.2, 0.25) is 0 Å². The fourth-order valence-electron chi connectivity index (χ4n) is 4.19. The molecule has 1 aromatic rings. The Morgan fingerprint density at radius 3 is 2.60 bits per heavy atom. The summed E-state index contributed by atoms with van der Waals surface area (Å²) in [7, 11) is 1.86. The van der Waals surface area contributed by atoms with Crippen molar-refractivity contribution in [3.63, 3.8) is 0 Å². The van der Waals surface area contributed by atoms with Crippen LogP contribution in [0.5, 0.6) is 0 Å². The normalized spacial score (nSPS) is 27.4. The summed E-state index contributed by atoms with van der Waals surface area (Å²) >= 11 is 0. The molecule has 1 aromatic carbocycles. The van der Waals surface area contributed by atoms with Crippen LogP contribution in [0.3, 0.4) is 0 Å². The van der Waals surface area contributed by atoms with Crippen molar-refractivity contribution < 1.29 is 9.13 Å². The molecule has 1 unspecified atom stereocenters. The molecule has 2 heterocycles. The van der Waals surface area contributed by atoms with Crippen LogP contribution in [0.15, 0.2) is 29.3 Å². The van der Waals surface area contributed by atoms with E-state index in [1.165, 1.54) is 18.4 Å². The van der Waals surface area contributed by atoms with E-state index in [0.717, 1.165) is 51.6 Å². The highest BCUT2D eigenvalue weighted by atomic mass is 127. The SMILES string of the molecule is CN=C(NCC1(c2ccc(F)cc2)CC1)N1CCC2(CCOC2)C1.I. The summed E-state index contributed by atoms with van der Waals surface area (Å²) in [6.07, 6.45) is 4.66. The van der Waals surface area contributed by atoms with E-state index in [1.807, 2.05) is 19.2 Å². The maximum absolute atomic E-state index is 13.2. The molecule has 2 aliphatic heterocycles. The third-order valence-corrected chi connectivity index (χ3v) is 6.03. The maximum atomic E-state index is 13.2. The van der Waals surface area contributed by atoms with Crippen LogP contribution in [0.25, 0.3) is 0 Å². The number of rotatable bonds is 3. The fraction of sp³-hybridized carbons (Fsp3) is 0.632.